The van der Waals surface area contributed by atoms with Crippen LogP contribution in [-0.2, 0) is 0 Å². The topological polar surface area (TPSA) is 55.2 Å². The Morgan fingerprint density at radius 2 is 2.05 bits per heavy atom. The van der Waals surface area contributed by atoms with Gasteiger partial charge in [-0.25, -0.2) is 0 Å². The monoisotopic (exact) mass is 282 g/mol. The van der Waals surface area contributed by atoms with Gasteiger partial charge in [-0.2, -0.15) is 0 Å². The number of nitro benzene ring substituents is 1. The van der Waals surface area contributed by atoms with Crippen LogP contribution in [0.3, 0.4) is 0 Å². The maximum atomic E-state index is 10.9. The zero-order chi connectivity index (χ0) is 14.3. The lowest BCUT2D eigenvalue weighted by Crippen LogP contribution is -2.29. The molecule has 0 amide bonds. The van der Waals surface area contributed by atoms with Crippen LogP contribution < -0.4 is 5.32 Å². The molecule has 0 aliphatic heterocycles. The Bertz CT molecular complexity index is 412. The SMILES string of the molecule is CCCNC(C)CC(C)Sc1ccccc1[N+](=O)[O-]. The van der Waals surface area contributed by atoms with E-state index in [9.17, 15) is 10.1 Å². The maximum Gasteiger partial charge on any atom is 0.282 e. The van der Waals surface area contributed by atoms with Crippen LogP contribution in [0.5, 0.6) is 0 Å². The van der Waals surface area contributed by atoms with Gasteiger partial charge in [-0.1, -0.05) is 26.0 Å². The maximum absolute atomic E-state index is 10.9. The van der Waals surface area contributed by atoms with Gasteiger partial charge in [0, 0.05) is 17.4 Å². The van der Waals surface area contributed by atoms with E-state index in [4.69, 9.17) is 0 Å². The first-order valence-corrected chi connectivity index (χ1v) is 7.56. The summed E-state index contributed by atoms with van der Waals surface area (Å²) in [7, 11) is 0. The number of rotatable bonds is 8. The van der Waals surface area contributed by atoms with Crippen molar-refractivity contribution in [3.05, 3.63) is 34.4 Å². The summed E-state index contributed by atoms with van der Waals surface area (Å²) in [6.07, 6.45) is 2.12. The molecule has 0 aromatic heterocycles. The second-order valence-corrected chi connectivity index (χ2v) is 6.22. The smallest absolute Gasteiger partial charge is 0.282 e. The molecule has 5 heteroatoms. The van der Waals surface area contributed by atoms with E-state index >= 15 is 0 Å². The fourth-order valence-electron chi connectivity index (χ4n) is 1.94. The number of hydrogen-bond acceptors (Lipinski definition) is 4. The Labute approximate surface area is 119 Å². The van der Waals surface area contributed by atoms with Gasteiger partial charge >= 0.3 is 0 Å². The van der Waals surface area contributed by atoms with Gasteiger partial charge in [0.25, 0.3) is 5.69 Å². The van der Waals surface area contributed by atoms with Gasteiger partial charge in [-0.05, 0) is 32.4 Å². The summed E-state index contributed by atoms with van der Waals surface area (Å²) < 4.78 is 0. The number of para-hydroxylation sites is 1. The normalized spacial score (nSPS) is 14.1. The van der Waals surface area contributed by atoms with Crippen molar-refractivity contribution in [3.63, 3.8) is 0 Å². The van der Waals surface area contributed by atoms with E-state index in [0.717, 1.165) is 24.3 Å². The van der Waals surface area contributed by atoms with E-state index in [2.05, 4.69) is 26.1 Å². The Balaban J connectivity index is 2.57. The summed E-state index contributed by atoms with van der Waals surface area (Å²) >= 11 is 1.58. The number of benzene rings is 1. The van der Waals surface area contributed by atoms with E-state index in [1.165, 1.54) is 0 Å². The van der Waals surface area contributed by atoms with Gasteiger partial charge in [0.1, 0.15) is 0 Å². The zero-order valence-corrected chi connectivity index (χ0v) is 12.6. The van der Waals surface area contributed by atoms with Crippen molar-refractivity contribution in [2.24, 2.45) is 0 Å². The molecule has 1 aromatic rings. The van der Waals surface area contributed by atoms with Crippen molar-refractivity contribution in [3.8, 4) is 0 Å². The predicted octanol–water partition coefficient (Wildman–Crippen LogP) is 3.85. The van der Waals surface area contributed by atoms with E-state index in [0.29, 0.717) is 11.3 Å². The molecule has 1 N–H and O–H groups in total. The molecular weight excluding hydrogens is 260 g/mol. The van der Waals surface area contributed by atoms with Gasteiger partial charge in [-0.3, -0.25) is 10.1 Å². The first-order valence-electron chi connectivity index (χ1n) is 6.68. The number of hydrogen-bond donors (Lipinski definition) is 1. The Hall–Kier alpha value is -1.07. The number of nitro groups is 1. The molecule has 0 heterocycles. The first kappa shape index (κ1) is 16.0. The van der Waals surface area contributed by atoms with E-state index < -0.39 is 0 Å². The number of thioether (sulfide) groups is 1. The molecule has 0 saturated carbocycles. The molecule has 0 aliphatic carbocycles. The fourth-order valence-corrected chi connectivity index (χ4v) is 3.18. The molecule has 0 fully saturated rings. The van der Waals surface area contributed by atoms with Gasteiger partial charge in [0.2, 0.25) is 0 Å². The van der Waals surface area contributed by atoms with Crippen LogP contribution in [0, 0.1) is 10.1 Å². The van der Waals surface area contributed by atoms with Gasteiger partial charge < -0.3 is 5.32 Å². The average Bonchev–Trinajstić information content (AvgIpc) is 2.36. The molecule has 2 unspecified atom stereocenters. The molecule has 19 heavy (non-hydrogen) atoms. The van der Waals surface area contributed by atoms with Crippen LogP contribution in [0.1, 0.15) is 33.6 Å². The number of nitrogens with one attached hydrogen (secondary N) is 1. The highest BCUT2D eigenvalue weighted by Crippen LogP contribution is 2.33. The molecular formula is C14H22N2O2S. The van der Waals surface area contributed by atoms with Crippen LogP contribution in [0.2, 0.25) is 0 Å². The van der Waals surface area contributed by atoms with Gasteiger partial charge in [0.15, 0.2) is 0 Å². The molecule has 0 radical (unpaired) electrons. The fraction of sp³-hybridized carbons (Fsp3) is 0.571. The molecule has 1 rings (SSSR count). The predicted molar refractivity (Wildman–Crippen MR) is 80.8 cm³/mol. The van der Waals surface area contributed by atoms with Crippen LogP contribution >= 0.6 is 11.8 Å². The third kappa shape index (κ3) is 5.61. The second-order valence-electron chi connectivity index (χ2n) is 4.74. The molecule has 0 saturated heterocycles. The lowest BCUT2D eigenvalue weighted by atomic mass is 10.2. The highest BCUT2D eigenvalue weighted by Gasteiger charge is 2.16. The zero-order valence-electron chi connectivity index (χ0n) is 11.8. The average molecular weight is 282 g/mol. The highest BCUT2D eigenvalue weighted by molar-refractivity contribution is 8.00. The van der Waals surface area contributed by atoms with E-state index in [-0.39, 0.29) is 10.6 Å². The van der Waals surface area contributed by atoms with Crippen molar-refractivity contribution in [1.82, 2.24) is 5.32 Å². The van der Waals surface area contributed by atoms with Crippen molar-refractivity contribution >= 4 is 17.4 Å². The molecule has 106 valence electrons. The summed E-state index contributed by atoms with van der Waals surface area (Å²) in [6, 6.07) is 7.38. The number of nitrogens with zero attached hydrogens (tertiary/aromatic N) is 1. The lowest BCUT2D eigenvalue weighted by Gasteiger charge is -2.18. The van der Waals surface area contributed by atoms with Gasteiger partial charge in [-0.15, -0.1) is 11.8 Å². The largest absolute Gasteiger partial charge is 0.314 e. The third-order valence-corrected chi connectivity index (χ3v) is 4.01. The minimum absolute atomic E-state index is 0.202. The molecule has 2 atom stereocenters. The van der Waals surface area contributed by atoms with Crippen molar-refractivity contribution < 1.29 is 4.92 Å². The Morgan fingerprint density at radius 3 is 2.68 bits per heavy atom. The second kappa shape index (κ2) is 8.17. The standard InChI is InChI=1S/C14H22N2O2S/c1-4-9-15-11(2)10-12(3)19-14-8-6-5-7-13(14)16(17)18/h5-8,11-12,15H,4,9-10H2,1-3H3. The van der Waals surface area contributed by atoms with Crippen molar-refractivity contribution in [2.75, 3.05) is 6.54 Å². The minimum Gasteiger partial charge on any atom is -0.314 e. The van der Waals surface area contributed by atoms with E-state index in [1.54, 1.807) is 23.9 Å². The van der Waals surface area contributed by atoms with E-state index in [1.807, 2.05) is 12.1 Å². The lowest BCUT2D eigenvalue weighted by molar-refractivity contribution is -0.387. The molecule has 0 bridgehead atoms. The summed E-state index contributed by atoms with van der Waals surface area (Å²) in [5.41, 5.74) is 0.202. The summed E-state index contributed by atoms with van der Waals surface area (Å²) in [5, 5.41) is 14.7. The molecule has 1 aromatic carbocycles. The van der Waals surface area contributed by atoms with Crippen molar-refractivity contribution in [2.45, 2.75) is 49.8 Å². The quantitative estimate of drug-likeness (QED) is 0.447. The Kier molecular flexibility index (Phi) is 6.87. The summed E-state index contributed by atoms with van der Waals surface area (Å²) in [4.78, 5) is 11.4. The highest BCUT2D eigenvalue weighted by atomic mass is 32.2. The van der Waals surface area contributed by atoms with Gasteiger partial charge in [0.05, 0.1) is 9.82 Å². The molecule has 0 spiro atoms. The molecule has 0 aliphatic rings. The van der Waals surface area contributed by atoms with Crippen LogP contribution in [0.15, 0.2) is 29.2 Å². The van der Waals surface area contributed by atoms with Crippen LogP contribution in [0.25, 0.3) is 0 Å². The molecule has 4 nitrogen and oxygen atoms in total. The minimum atomic E-state index is -0.312. The van der Waals surface area contributed by atoms with Crippen LogP contribution in [0.4, 0.5) is 5.69 Å². The van der Waals surface area contributed by atoms with Crippen LogP contribution in [-0.4, -0.2) is 22.8 Å². The summed E-state index contributed by atoms with van der Waals surface area (Å²) in [5.74, 6) is 0. The first-order chi connectivity index (χ1) is 9.04. The third-order valence-electron chi connectivity index (χ3n) is 2.82. The Morgan fingerprint density at radius 1 is 1.37 bits per heavy atom. The summed E-state index contributed by atoms with van der Waals surface area (Å²) in [6.45, 7) is 7.44. The van der Waals surface area contributed by atoms with Crippen molar-refractivity contribution in [1.29, 1.82) is 0 Å².